The monoisotopic (exact) mass is 314 g/mol. The summed E-state index contributed by atoms with van der Waals surface area (Å²) in [5, 5.41) is 19.5. The standard InChI is InChI=1S/C8H11ClN2O5S2/c1-2-5(4-12)10-18(15,16)7-3-6(11(13)14)8(9)17-7/h3,5,10,12H,2,4H2,1H3/t5-/m0/s1. The van der Waals surface area contributed by atoms with Gasteiger partial charge < -0.3 is 5.11 Å². The highest BCUT2D eigenvalue weighted by Crippen LogP contribution is 2.36. The molecule has 0 aliphatic carbocycles. The van der Waals surface area contributed by atoms with Crippen molar-refractivity contribution in [3.8, 4) is 0 Å². The molecule has 7 nitrogen and oxygen atoms in total. The van der Waals surface area contributed by atoms with Crippen LogP contribution in [0.1, 0.15) is 13.3 Å². The number of hydrogen-bond donors (Lipinski definition) is 2. The van der Waals surface area contributed by atoms with Crippen LogP contribution in [0, 0.1) is 10.1 Å². The largest absolute Gasteiger partial charge is 0.395 e. The molecule has 0 amide bonds. The maximum Gasteiger partial charge on any atom is 0.300 e. The summed E-state index contributed by atoms with van der Waals surface area (Å²) >= 11 is 6.19. The highest BCUT2D eigenvalue weighted by molar-refractivity contribution is 7.91. The Bertz CT molecular complexity index is 538. The summed E-state index contributed by atoms with van der Waals surface area (Å²) in [5.41, 5.74) is -0.445. The number of halogens is 1. The fraction of sp³-hybridized carbons (Fsp3) is 0.500. The third kappa shape index (κ3) is 3.39. The number of nitrogens with one attached hydrogen (secondary N) is 1. The predicted molar refractivity (Wildman–Crippen MR) is 67.5 cm³/mol. The summed E-state index contributed by atoms with van der Waals surface area (Å²) in [6.45, 7) is 1.35. The second-order valence-corrected chi connectivity index (χ2v) is 6.99. The van der Waals surface area contributed by atoms with Crippen molar-refractivity contribution in [3.63, 3.8) is 0 Å². The first-order chi connectivity index (χ1) is 8.31. The van der Waals surface area contributed by atoms with E-state index in [0.29, 0.717) is 17.8 Å². The molecular formula is C8H11ClN2O5S2. The van der Waals surface area contributed by atoms with Crippen LogP contribution in [0.3, 0.4) is 0 Å². The Morgan fingerprint density at radius 3 is 2.67 bits per heavy atom. The number of aliphatic hydroxyl groups excluding tert-OH is 1. The molecule has 2 N–H and O–H groups in total. The van der Waals surface area contributed by atoms with Crippen molar-refractivity contribution < 1.29 is 18.4 Å². The lowest BCUT2D eigenvalue weighted by atomic mass is 10.3. The van der Waals surface area contributed by atoms with Crippen LogP contribution in [-0.4, -0.2) is 31.1 Å². The lowest BCUT2D eigenvalue weighted by Gasteiger charge is -2.12. The Morgan fingerprint density at radius 2 is 2.28 bits per heavy atom. The average molecular weight is 315 g/mol. The maximum atomic E-state index is 11.9. The van der Waals surface area contributed by atoms with Gasteiger partial charge in [-0.25, -0.2) is 13.1 Å². The van der Waals surface area contributed by atoms with Gasteiger partial charge >= 0.3 is 0 Å². The van der Waals surface area contributed by atoms with Crippen LogP contribution in [0.4, 0.5) is 5.69 Å². The van der Waals surface area contributed by atoms with E-state index >= 15 is 0 Å². The predicted octanol–water partition coefficient (Wildman–Crippen LogP) is 1.36. The number of nitrogens with zero attached hydrogens (tertiary/aromatic N) is 1. The molecule has 0 aliphatic rings. The number of aliphatic hydroxyl groups is 1. The second kappa shape index (κ2) is 5.93. The molecule has 0 aliphatic heterocycles. The van der Waals surface area contributed by atoms with E-state index in [1.165, 1.54) is 0 Å². The maximum absolute atomic E-state index is 11.9. The van der Waals surface area contributed by atoms with E-state index in [-0.39, 0.29) is 15.2 Å². The third-order valence-corrected chi connectivity index (χ3v) is 5.47. The number of sulfonamides is 1. The Morgan fingerprint density at radius 1 is 1.67 bits per heavy atom. The van der Waals surface area contributed by atoms with Gasteiger partial charge in [-0.1, -0.05) is 18.5 Å². The quantitative estimate of drug-likeness (QED) is 0.608. The van der Waals surface area contributed by atoms with Crippen LogP contribution >= 0.6 is 22.9 Å². The molecule has 0 radical (unpaired) electrons. The molecule has 18 heavy (non-hydrogen) atoms. The first-order valence-electron chi connectivity index (χ1n) is 4.88. The van der Waals surface area contributed by atoms with Crippen LogP contribution in [0.5, 0.6) is 0 Å². The van der Waals surface area contributed by atoms with Crippen molar-refractivity contribution in [2.75, 3.05) is 6.61 Å². The highest BCUT2D eigenvalue weighted by atomic mass is 35.5. The number of nitro groups is 1. The van der Waals surface area contributed by atoms with Crippen molar-refractivity contribution in [2.45, 2.75) is 23.6 Å². The van der Waals surface area contributed by atoms with Gasteiger partial charge in [0.05, 0.1) is 11.5 Å². The molecule has 102 valence electrons. The molecule has 1 aromatic rings. The molecule has 1 heterocycles. The summed E-state index contributed by atoms with van der Waals surface area (Å²) in [6.07, 6.45) is 0.400. The van der Waals surface area contributed by atoms with E-state index in [9.17, 15) is 18.5 Å². The van der Waals surface area contributed by atoms with Gasteiger partial charge in [0.2, 0.25) is 0 Å². The first kappa shape index (κ1) is 15.3. The van der Waals surface area contributed by atoms with Crippen LogP contribution in [0.25, 0.3) is 0 Å². The van der Waals surface area contributed by atoms with E-state index in [0.717, 1.165) is 6.07 Å². The Labute approximate surface area is 113 Å². The second-order valence-electron chi connectivity index (χ2n) is 3.39. The summed E-state index contributed by atoms with van der Waals surface area (Å²) in [5.74, 6) is 0. The van der Waals surface area contributed by atoms with E-state index in [1.807, 2.05) is 0 Å². The Kier molecular flexibility index (Phi) is 5.05. The topological polar surface area (TPSA) is 110 Å². The van der Waals surface area contributed by atoms with Gasteiger partial charge in [-0.15, -0.1) is 11.3 Å². The normalized spacial score (nSPS) is 13.5. The number of thiophene rings is 1. The van der Waals surface area contributed by atoms with Gasteiger partial charge in [-0.2, -0.15) is 0 Å². The molecule has 1 rings (SSSR count). The van der Waals surface area contributed by atoms with E-state index < -0.39 is 26.7 Å². The van der Waals surface area contributed by atoms with Gasteiger partial charge in [-0.3, -0.25) is 10.1 Å². The summed E-state index contributed by atoms with van der Waals surface area (Å²) in [4.78, 5) is 9.82. The van der Waals surface area contributed by atoms with Crippen molar-refractivity contribution in [2.24, 2.45) is 0 Å². The highest BCUT2D eigenvalue weighted by Gasteiger charge is 2.26. The summed E-state index contributed by atoms with van der Waals surface area (Å²) in [7, 11) is -3.90. The molecule has 0 unspecified atom stereocenters. The minimum Gasteiger partial charge on any atom is -0.395 e. The molecule has 0 fully saturated rings. The molecule has 1 aromatic heterocycles. The SMILES string of the molecule is CC[C@@H](CO)NS(=O)(=O)c1cc([N+](=O)[O-])c(Cl)s1. The van der Waals surface area contributed by atoms with Crippen molar-refractivity contribution in [3.05, 3.63) is 20.5 Å². The zero-order valence-electron chi connectivity index (χ0n) is 9.29. The van der Waals surface area contributed by atoms with Gasteiger partial charge in [-0.05, 0) is 6.42 Å². The van der Waals surface area contributed by atoms with Crippen LogP contribution in [-0.2, 0) is 10.0 Å². The van der Waals surface area contributed by atoms with Crippen LogP contribution < -0.4 is 4.72 Å². The summed E-state index contributed by atoms with van der Waals surface area (Å²) < 4.78 is 25.5. The van der Waals surface area contributed by atoms with E-state index in [2.05, 4.69) is 4.72 Å². The molecule has 1 atom stereocenters. The van der Waals surface area contributed by atoms with Gasteiger partial charge in [0.25, 0.3) is 15.7 Å². The number of rotatable bonds is 6. The summed E-state index contributed by atoms with van der Waals surface area (Å²) in [6, 6.07) is 0.273. The zero-order chi connectivity index (χ0) is 13.9. The molecule has 0 saturated carbocycles. The zero-order valence-corrected chi connectivity index (χ0v) is 11.7. The minimum absolute atomic E-state index is 0.197. The van der Waals surface area contributed by atoms with Crippen molar-refractivity contribution in [1.82, 2.24) is 4.72 Å². The molecule has 0 saturated heterocycles. The van der Waals surface area contributed by atoms with Crippen molar-refractivity contribution >= 4 is 38.6 Å². The lowest BCUT2D eigenvalue weighted by Crippen LogP contribution is -2.36. The lowest BCUT2D eigenvalue weighted by molar-refractivity contribution is -0.384. The molecule has 0 aromatic carbocycles. The van der Waals surface area contributed by atoms with Crippen molar-refractivity contribution in [1.29, 1.82) is 0 Å². The average Bonchev–Trinajstić information content (AvgIpc) is 2.69. The fourth-order valence-electron chi connectivity index (χ4n) is 1.12. The Hall–Kier alpha value is -0.740. The fourth-order valence-corrected chi connectivity index (χ4v) is 4.11. The van der Waals surface area contributed by atoms with Gasteiger partial charge in [0, 0.05) is 12.1 Å². The van der Waals surface area contributed by atoms with E-state index in [1.54, 1.807) is 6.92 Å². The molecular weight excluding hydrogens is 304 g/mol. The minimum atomic E-state index is -3.90. The van der Waals surface area contributed by atoms with Gasteiger partial charge in [0.1, 0.15) is 4.21 Å². The molecule has 0 spiro atoms. The van der Waals surface area contributed by atoms with E-state index in [4.69, 9.17) is 16.7 Å². The molecule has 10 heteroatoms. The van der Waals surface area contributed by atoms with Gasteiger partial charge in [0.15, 0.2) is 4.34 Å². The molecule has 0 bridgehead atoms. The van der Waals surface area contributed by atoms with Crippen LogP contribution in [0.15, 0.2) is 10.3 Å². The Balaban J connectivity index is 3.06. The first-order valence-corrected chi connectivity index (χ1v) is 7.56. The third-order valence-electron chi connectivity index (χ3n) is 2.14. The van der Waals surface area contributed by atoms with Crippen LogP contribution in [0.2, 0.25) is 4.34 Å². The smallest absolute Gasteiger partial charge is 0.300 e. The number of hydrogen-bond acceptors (Lipinski definition) is 6.